The average molecular weight is 349 g/mol. The summed E-state index contributed by atoms with van der Waals surface area (Å²) in [4.78, 5) is 0. The maximum absolute atomic E-state index is 6.04. The summed E-state index contributed by atoms with van der Waals surface area (Å²) < 4.78 is 16.7. The first kappa shape index (κ1) is 17.7. The van der Waals surface area contributed by atoms with Gasteiger partial charge in [0, 0.05) is 12.7 Å². The molecule has 0 unspecified atom stereocenters. The summed E-state index contributed by atoms with van der Waals surface area (Å²) in [6.07, 6.45) is 0. The third-order valence-electron chi connectivity index (χ3n) is 4.26. The molecule has 134 valence electrons. The maximum atomic E-state index is 6.04. The molecule has 0 aromatic heterocycles. The van der Waals surface area contributed by atoms with E-state index in [-0.39, 0.29) is 0 Å². The minimum absolute atomic E-state index is 0.423. The number of nitrogens with one attached hydrogen (secondary N) is 1. The lowest BCUT2D eigenvalue weighted by Gasteiger charge is -2.15. The third kappa shape index (κ3) is 3.91. The number of rotatable bonds is 7. The van der Waals surface area contributed by atoms with Gasteiger partial charge in [0.15, 0.2) is 0 Å². The summed E-state index contributed by atoms with van der Waals surface area (Å²) >= 11 is 0. The first-order chi connectivity index (χ1) is 12.7. The number of methoxy groups -OCH3 is 2. The van der Waals surface area contributed by atoms with Crippen LogP contribution >= 0.6 is 0 Å². The molecule has 0 atom stereocenters. The molecule has 0 radical (unpaired) electrons. The second-order valence-electron chi connectivity index (χ2n) is 5.78. The number of anilines is 1. The zero-order valence-electron chi connectivity index (χ0n) is 15.3. The van der Waals surface area contributed by atoms with Crippen molar-refractivity contribution in [2.24, 2.45) is 0 Å². The molecule has 0 aliphatic heterocycles. The molecular weight excluding hydrogens is 326 g/mol. The largest absolute Gasteiger partial charge is 0.497 e. The van der Waals surface area contributed by atoms with Gasteiger partial charge in [-0.25, -0.2) is 0 Å². The van der Waals surface area contributed by atoms with E-state index < -0.39 is 0 Å². The van der Waals surface area contributed by atoms with Crippen LogP contribution in [-0.2, 0) is 6.61 Å². The fourth-order valence-corrected chi connectivity index (χ4v) is 2.84. The Labute approximate surface area is 154 Å². The predicted molar refractivity (Wildman–Crippen MR) is 105 cm³/mol. The Balaban J connectivity index is 1.79. The van der Waals surface area contributed by atoms with Gasteiger partial charge in [-0.2, -0.15) is 0 Å². The van der Waals surface area contributed by atoms with Crippen LogP contribution in [0.2, 0.25) is 0 Å². The van der Waals surface area contributed by atoms with Crippen molar-refractivity contribution in [2.45, 2.75) is 6.61 Å². The van der Waals surface area contributed by atoms with Crippen molar-refractivity contribution in [1.82, 2.24) is 0 Å². The SMILES string of the molecule is CNc1cccc(OC)c1COc1cccc(-c2ccc(OC)cc2)c1. The van der Waals surface area contributed by atoms with E-state index in [0.717, 1.165) is 39.6 Å². The van der Waals surface area contributed by atoms with E-state index >= 15 is 0 Å². The van der Waals surface area contributed by atoms with Crippen molar-refractivity contribution < 1.29 is 14.2 Å². The monoisotopic (exact) mass is 349 g/mol. The van der Waals surface area contributed by atoms with Gasteiger partial charge in [0.2, 0.25) is 0 Å². The van der Waals surface area contributed by atoms with Crippen LogP contribution in [0.5, 0.6) is 17.2 Å². The fraction of sp³-hybridized carbons (Fsp3) is 0.182. The van der Waals surface area contributed by atoms with Crippen molar-refractivity contribution in [3.63, 3.8) is 0 Å². The molecule has 1 N–H and O–H groups in total. The van der Waals surface area contributed by atoms with Crippen molar-refractivity contribution in [3.8, 4) is 28.4 Å². The quantitative estimate of drug-likeness (QED) is 0.652. The van der Waals surface area contributed by atoms with Gasteiger partial charge >= 0.3 is 0 Å². The Kier molecular flexibility index (Phi) is 5.64. The molecule has 4 heteroatoms. The van der Waals surface area contributed by atoms with Crippen molar-refractivity contribution in [1.29, 1.82) is 0 Å². The topological polar surface area (TPSA) is 39.7 Å². The van der Waals surface area contributed by atoms with E-state index in [1.165, 1.54) is 0 Å². The highest BCUT2D eigenvalue weighted by Gasteiger charge is 2.09. The molecule has 0 fully saturated rings. The van der Waals surface area contributed by atoms with E-state index in [4.69, 9.17) is 14.2 Å². The lowest BCUT2D eigenvalue weighted by atomic mass is 10.1. The van der Waals surface area contributed by atoms with E-state index in [2.05, 4.69) is 11.4 Å². The minimum atomic E-state index is 0.423. The standard InChI is InChI=1S/C22H23NO3/c1-23-21-8-5-9-22(25-3)20(21)15-26-19-7-4-6-17(14-19)16-10-12-18(24-2)13-11-16/h4-14,23H,15H2,1-3H3. The highest BCUT2D eigenvalue weighted by Crippen LogP contribution is 2.29. The summed E-state index contributed by atoms with van der Waals surface area (Å²) in [5.41, 5.74) is 4.20. The van der Waals surface area contributed by atoms with E-state index in [1.54, 1.807) is 14.2 Å². The molecule has 3 rings (SSSR count). The van der Waals surface area contributed by atoms with E-state index in [0.29, 0.717) is 6.61 Å². The molecule has 0 spiro atoms. The highest BCUT2D eigenvalue weighted by atomic mass is 16.5. The molecule has 26 heavy (non-hydrogen) atoms. The Morgan fingerprint density at radius 2 is 1.54 bits per heavy atom. The van der Waals surface area contributed by atoms with Crippen LogP contribution in [0.4, 0.5) is 5.69 Å². The summed E-state index contributed by atoms with van der Waals surface area (Å²) in [6, 6.07) is 22.0. The van der Waals surface area contributed by atoms with Crippen molar-refractivity contribution in [3.05, 3.63) is 72.3 Å². The maximum Gasteiger partial charge on any atom is 0.127 e. The van der Waals surface area contributed by atoms with Crippen LogP contribution in [0.1, 0.15) is 5.56 Å². The molecule has 0 aliphatic rings. The zero-order valence-corrected chi connectivity index (χ0v) is 15.3. The second-order valence-corrected chi connectivity index (χ2v) is 5.78. The van der Waals surface area contributed by atoms with Gasteiger partial charge in [-0.3, -0.25) is 0 Å². The molecule has 4 nitrogen and oxygen atoms in total. The van der Waals surface area contributed by atoms with Crippen LogP contribution < -0.4 is 19.5 Å². The Morgan fingerprint density at radius 3 is 2.23 bits per heavy atom. The normalized spacial score (nSPS) is 10.3. The third-order valence-corrected chi connectivity index (χ3v) is 4.26. The molecule has 0 heterocycles. The smallest absolute Gasteiger partial charge is 0.127 e. The number of hydrogen-bond donors (Lipinski definition) is 1. The van der Waals surface area contributed by atoms with Crippen LogP contribution in [-0.4, -0.2) is 21.3 Å². The summed E-state index contributed by atoms with van der Waals surface area (Å²) in [5, 5.41) is 3.18. The predicted octanol–water partition coefficient (Wildman–Crippen LogP) is 4.99. The van der Waals surface area contributed by atoms with Gasteiger partial charge in [0.05, 0.1) is 19.8 Å². The lowest BCUT2D eigenvalue weighted by Crippen LogP contribution is -2.03. The Morgan fingerprint density at radius 1 is 0.769 bits per heavy atom. The lowest BCUT2D eigenvalue weighted by molar-refractivity contribution is 0.297. The molecule has 3 aromatic rings. The van der Waals surface area contributed by atoms with Crippen LogP contribution in [0.3, 0.4) is 0 Å². The van der Waals surface area contributed by atoms with E-state index in [1.807, 2.05) is 67.7 Å². The van der Waals surface area contributed by atoms with Gasteiger partial charge in [0.25, 0.3) is 0 Å². The highest BCUT2D eigenvalue weighted by molar-refractivity contribution is 5.66. The number of hydrogen-bond acceptors (Lipinski definition) is 4. The molecule has 0 aliphatic carbocycles. The molecule has 0 saturated heterocycles. The van der Waals surface area contributed by atoms with Crippen LogP contribution in [0.25, 0.3) is 11.1 Å². The number of ether oxygens (including phenoxy) is 3. The molecule has 0 saturated carbocycles. The fourth-order valence-electron chi connectivity index (χ4n) is 2.84. The molecule has 0 amide bonds. The average Bonchev–Trinajstić information content (AvgIpc) is 2.72. The van der Waals surface area contributed by atoms with Crippen LogP contribution in [0.15, 0.2) is 66.7 Å². The minimum Gasteiger partial charge on any atom is -0.497 e. The van der Waals surface area contributed by atoms with Crippen LogP contribution in [0, 0.1) is 0 Å². The molecule has 3 aromatic carbocycles. The van der Waals surface area contributed by atoms with Crippen molar-refractivity contribution >= 4 is 5.69 Å². The summed E-state index contributed by atoms with van der Waals surface area (Å²) in [5.74, 6) is 2.46. The summed E-state index contributed by atoms with van der Waals surface area (Å²) in [6.45, 7) is 0.423. The zero-order chi connectivity index (χ0) is 18.4. The van der Waals surface area contributed by atoms with Gasteiger partial charge in [0.1, 0.15) is 23.9 Å². The summed E-state index contributed by atoms with van der Waals surface area (Å²) in [7, 11) is 5.23. The van der Waals surface area contributed by atoms with Gasteiger partial charge < -0.3 is 19.5 Å². The van der Waals surface area contributed by atoms with Crippen molar-refractivity contribution in [2.75, 3.05) is 26.6 Å². The van der Waals surface area contributed by atoms with E-state index in [9.17, 15) is 0 Å². The first-order valence-electron chi connectivity index (χ1n) is 8.46. The van der Waals surface area contributed by atoms with Gasteiger partial charge in [-0.1, -0.05) is 30.3 Å². The first-order valence-corrected chi connectivity index (χ1v) is 8.46. The molecular formula is C22H23NO3. The molecule has 0 bridgehead atoms. The second kappa shape index (κ2) is 8.30. The van der Waals surface area contributed by atoms with Gasteiger partial charge in [-0.05, 0) is 47.5 Å². The Bertz CT molecular complexity index is 837. The van der Waals surface area contributed by atoms with Gasteiger partial charge in [-0.15, -0.1) is 0 Å². The number of benzene rings is 3. The Hall–Kier alpha value is -3.14.